The van der Waals surface area contributed by atoms with Crippen molar-refractivity contribution in [2.45, 2.75) is 58.0 Å². The Kier molecular flexibility index (Phi) is 3.15. The van der Waals surface area contributed by atoms with Gasteiger partial charge in [-0.1, -0.05) is 38.7 Å². The number of hydrogen-bond donors (Lipinski definition) is 0. The molecule has 0 radical (unpaired) electrons. The number of hydrogen-bond acceptors (Lipinski definition) is 1. The van der Waals surface area contributed by atoms with E-state index in [1.54, 1.807) is 0 Å². The van der Waals surface area contributed by atoms with E-state index in [1.165, 1.54) is 44.9 Å². The van der Waals surface area contributed by atoms with Crippen LogP contribution in [0.2, 0.25) is 0 Å². The van der Waals surface area contributed by atoms with Gasteiger partial charge < -0.3 is 4.74 Å². The SMILES string of the molecule is C=C1O[C@@H](C)CC1CC1CCCCC1. The van der Waals surface area contributed by atoms with Crippen molar-refractivity contribution in [2.75, 3.05) is 0 Å². The quantitative estimate of drug-likeness (QED) is 0.648. The van der Waals surface area contributed by atoms with E-state index >= 15 is 0 Å². The van der Waals surface area contributed by atoms with Crippen LogP contribution < -0.4 is 0 Å². The van der Waals surface area contributed by atoms with E-state index in [-0.39, 0.29) is 0 Å². The molecule has 0 N–H and O–H groups in total. The molecule has 2 fully saturated rings. The van der Waals surface area contributed by atoms with E-state index in [9.17, 15) is 0 Å². The normalized spacial score (nSPS) is 34.5. The highest BCUT2D eigenvalue weighted by Crippen LogP contribution is 2.37. The van der Waals surface area contributed by atoms with Crippen molar-refractivity contribution in [1.29, 1.82) is 0 Å². The van der Waals surface area contributed by atoms with Gasteiger partial charge in [-0.2, -0.15) is 0 Å². The molecule has 1 heteroatoms. The maximum atomic E-state index is 5.62. The lowest BCUT2D eigenvalue weighted by Gasteiger charge is -2.23. The second-order valence-corrected chi connectivity index (χ2v) is 5.07. The minimum absolute atomic E-state index is 0.413. The van der Waals surface area contributed by atoms with Gasteiger partial charge in [0.1, 0.15) is 0 Å². The lowest BCUT2D eigenvalue weighted by Crippen LogP contribution is -2.11. The number of ether oxygens (including phenoxy) is 1. The van der Waals surface area contributed by atoms with Gasteiger partial charge in [0.2, 0.25) is 0 Å². The van der Waals surface area contributed by atoms with E-state index in [2.05, 4.69) is 13.5 Å². The molecule has 0 spiro atoms. The highest BCUT2D eigenvalue weighted by atomic mass is 16.5. The van der Waals surface area contributed by atoms with Crippen molar-refractivity contribution in [2.24, 2.45) is 11.8 Å². The molecular formula is C13H22O. The maximum absolute atomic E-state index is 5.62. The standard InChI is InChI=1S/C13H22O/c1-10-8-13(11(2)14-10)9-12-6-4-3-5-7-12/h10,12-13H,2-9H2,1H3/t10-,13?/m0/s1. The summed E-state index contributed by atoms with van der Waals surface area (Å²) in [6.07, 6.45) is 10.2. The van der Waals surface area contributed by atoms with Crippen LogP contribution >= 0.6 is 0 Å². The second-order valence-electron chi connectivity index (χ2n) is 5.07. The lowest BCUT2D eigenvalue weighted by molar-refractivity contribution is 0.177. The summed E-state index contributed by atoms with van der Waals surface area (Å²) < 4.78 is 5.62. The monoisotopic (exact) mass is 194 g/mol. The van der Waals surface area contributed by atoms with Crippen LogP contribution in [-0.2, 0) is 4.74 Å². The van der Waals surface area contributed by atoms with Crippen molar-refractivity contribution in [3.63, 3.8) is 0 Å². The third-order valence-electron chi connectivity index (χ3n) is 3.77. The lowest BCUT2D eigenvalue weighted by atomic mass is 9.81. The van der Waals surface area contributed by atoms with E-state index in [1.807, 2.05) is 0 Å². The first-order chi connectivity index (χ1) is 6.75. The molecule has 2 atom stereocenters. The van der Waals surface area contributed by atoms with Gasteiger partial charge in [-0.15, -0.1) is 0 Å². The maximum Gasteiger partial charge on any atom is 0.0961 e. The van der Waals surface area contributed by atoms with Crippen LogP contribution in [0.3, 0.4) is 0 Å². The summed E-state index contributed by atoms with van der Waals surface area (Å²) in [5.74, 6) is 2.68. The summed E-state index contributed by atoms with van der Waals surface area (Å²) in [6, 6.07) is 0. The Morgan fingerprint density at radius 1 is 1.29 bits per heavy atom. The molecule has 0 amide bonds. The topological polar surface area (TPSA) is 9.23 Å². The highest BCUT2D eigenvalue weighted by Gasteiger charge is 2.29. The van der Waals surface area contributed by atoms with Crippen LogP contribution in [0.5, 0.6) is 0 Å². The van der Waals surface area contributed by atoms with Crippen molar-refractivity contribution in [3.05, 3.63) is 12.3 Å². The molecule has 2 aliphatic rings. The summed E-state index contributed by atoms with van der Waals surface area (Å²) >= 11 is 0. The third kappa shape index (κ3) is 2.31. The minimum Gasteiger partial charge on any atom is -0.495 e. The van der Waals surface area contributed by atoms with E-state index in [0.29, 0.717) is 12.0 Å². The first-order valence-corrected chi connectivity index (χ1v) is 6.11. The van der Waals surface area contributed by atoms with Crippen LogP contribution in [0.4, 0.5) is 0 Å². The molecule has 1 aliphatic heterocycles. The van der Waals surface area contributed by atoms with Gasteiger partial charge >= 0.3 is 0 Å². The van der Waals surface area contributed by atoms with E-state index in [4.69, 9.17) is 4.74 Å². The molecule has 1 aliphatic carbocycles. The molecule has 0 aromatic carbocycles. The Morgan fingerprint density at radius 2 is 2.00 bits per heavy atom. The molecule has 1 heterocycles. The average molecular weight is 194 g/mol. The molecular weight excluding hydrogens is 172 g/mol. The number of allylic oxidation sites excluding steroid dienone is 1. The van der Waals surface area contributed by atoms with Crippen molar-refractivity contribution in [1.82, 2.24) is 0 Å². The molecule has 0 bridgehead atoms. The van der Waals surface area contributed by atoms with Gasteiger partial charge in [0, 0.05) is 5.92 Å². The molecule has 14 heavy (non-hydrogen) atoms. The summed E-state index contributed by atoms with van der Waals surface area (Å²) in [7, 11) is 0. The zero-order chi connectivity index (χ0) is 9.97. The first-order valence-electron chi connectivity index (χ1n) is 6.11. The van der Waals surface area contributed by atoms with Gasteiger partial charge in [0.25, 0.3) is 0 Å². The van der Waals surface area contributed by atoms with Gasteiger partial charge in [0.15, 0.2) is 0 Å². The average Bonchev–Trinajstić information content (AvgIpc) is 2.47. The molecule has 0 aromatic rings. The highest BCUT2D eigenvalue weighted by molar-refractivity contribution is 4.99. The Bertz CT molecular complexity index is 203. The Morgan fingerprint density at radius 3 is 2.57 bits per heavy atom. The fourth-order valence-corrected chi connectivity index (χ4v) is 2.99. The summed E-state index contributed by atoms with van der Waals surface area (Å²) in [4.78, 5) is 0. The van der Waals surface area contributed by atoms with Crippen molar-refractivity contribution < 1.29 is 4.74 Å². The number of rotatable bonds is 2. The Hall–Kier alpha value is -0.460. The van der Waals surface area contributed by atoms with Crippen LogP contribution in [0.1, 0.15) is 51.9 Å². The summed E-state index contributed by atoms with van der Waals surface area (Å²) in [6.45, 7) is 6.19. The Balaban J connectivity index is 1.81. The van der Waals surface area contributed by atoms with Crippen LogP contribution in [-0.4, -0.2) is 6.10 Å². The van der Waals surface area contributed by atoms with Gasteiger partial charge in [-0.3, -0.25) is 0 Å². The fourth-order valence-electron chi connectivity index (χ4n) is 2.99. The fraction of sp³-hybridized carbons (Fsp3) is 0.846. The molecule has 2 rings (SSSR count). The largest absolute Gasteiger partial charge is 0.495 e. The van der Waals surface area contributed by atoms with Crippen LogP contribution in [0.15, 0.2) is 12.3 Å². The third-order valence-corrected chi connectivity index (χ3v) is 3.77. The predicted octanol–water partition coefficient (Wildman–Crippen LogP) is 3.90. The van der Waals surface area contributed by atoms with Gasteiger partial charge in [0.05, 0.1) is 11.9 Å². The molecule has 1 saturated carbocycles. The molecule has 80 valence electrons. The molecule has 1 unspecified atom stereocenters. The first kappa shape index (κ1) is 10.1. The van der Waals surface area contributed by atoms with E-state index < -0.39 is 0 Å². The van der Waals surface area contributed by atoms with Crippen molar-refractivity contribution in [3.8, 4) is 0 Å². The molecule has 0 aromatic heterocycles. The molecule has 1 saturated heterocycles. The predicted molar refractivity (Wildman–Crippen MR) is 59.0 cm³/mol. The van der Waals surface area contributed by atoms with Crippen LogP contribution in [0, 0.1) is 11.8 Å². The van der Waals surface area contributed by atoms with Crippen molar-refractivity contribution >= 4 is 0 Å². The summed E-state index contributed by atoms with van der Waals surface area (Å²) in [5, 5.41) is 0. The summed E-state index contributed by atoms with van der Waals surface area (Å²) in [5.41, 5.74) is 0. The second kappa shape index (κ2) is 4.37. The zero-order valence-corrected chi connectivity index (χ0v) is 9.30. The van der Waals surface area contributed by atoms with Gasteiger partial charge in [-0.05, 0) is 25.7 Å². The smallest absolute Gasteiger partial charge is 0.0961 e. The van der Waals surface area contributed by atoms with Crippen LogP contribution in [0.25, 0.3) is 0 Å². The molecule has 1 nitrogen and oxygen atoms in total. The Labute approximate surface area is 87.5 Å². The van der Waals surface area contributed by atoms with Gasteiger partial charge in [-0.25, -0.2) is 0 Å². The minimum atomic E-state index is 0.413. The zero-order valence-electron chi connectivity index (χ0n) is 9.30. The van der Waals surface area contributed by atoms with E-state index in [0.717, 1.165) is 11.7 Å².